The summed E-state index contributed by atoms with van der Waals surface area (Å²) in [5.41, 5.74) is 0.552. The molecule has 0 bridgehead atoms. The summed E-state index contributed by atoms with van der Waals surface area (Å²) < 4.78 is 22.4. The summed E-state index contributed by atoms with van der Waals surface area (Å²) in [6, 6.07) is 11.0. The number of hydrogen-bond acceptors (Lipinski definition) is 5. The molecule has 0 saturated carbocycles. The van der Waals surface area contributed by atoms with Gasteiger partial charge in [-0.2, -0.15) is 0 Å². The lowest BCUT2D eigenvalue weighted by Crippen LogP contribution is -2.21. The van der Waals surface area contributed by atoms with Crippen molar-refractivity contribution >= 4 is 23.5 Å². The van der Waals surface area contributed by atoms with Gasteiger partial charge in [-0.3, -0.25) is 4.79 Å². The standard InChI is InChI=1S/C17H14FNO5/c1-23-16(21)11-4-2-5-12(8-11)17(22)24-10-15(20)19-14-7-3-6-13(18)9-14/h2-9H,10H2,1H3,(H,19,20). The summed E-state index contributed by atoms with van der Waals surface area (Å²) in [5.74, 6) is -2.47. The van der Waals surface area contributed by atoms with Gasteiger partial charge in [0.05, 0.1) is 18.2 Å². The van der Waals surface area contributed by atoms with Crippen molar-refractivity contribution in [2.75, 3.05) is 19.0 Å². The molecule has 1 N–H and O–H groups in total. The second-order valence-electron chi connectivity index (χ2n) is 4.71. The fraction of sp³-hybridized carbons (Fsp3) is 0.118. The van der Waals surface area contributed by atoms with Gasteiger partial charge in [-0.05, 0) is 36.4 Å². The maximum atomic E-state index is 13.0. The van der Waals surface area contributed by atoms with Crippen LogP contribution in [0.15, 0.2) is 48.5 Å². The molecule has 6 nitrogen and oxygen atoms in total. The molecule has 0 aliphatic carbocycles. The summed E-state index contributed by atoms with van der Waals surface area (Å²) >= 11 is 0. The molecular weight excluding hydrogens is 317 g/mol. The number of anilines is 1. The lowest BCUT2D eigenvalue weighted by molar-refractivity contribution is -0.119. The topological polar surface area (TPSA) is 81.7 Å². The first-order chi connectivity index (χ1) is 11.5. The van der Waals surface area contributed by atoms with Crippen molar-refractivity contribution in [3.8, 4) is 0 Å². The minimum Gasteiger partial charge on any atom is -0.465 e. The van der Waals surface area contributed by atoms with Gasteiger partial charge in [0.15, 0.2) is 6.61 Å². The Kier molecular flexibility index (Phi) is 5.62. The number of methoxy groups -OCH3 is 1. The van der Waals surface area contributed by atoms with Crippen molar-refractivity contribution < 1.29 is 28.2 Å². The molecule has 0 unspecified atom stereocenters. The highest BCUT2D eigenvalue weighted by atomic mass is 19.1. The van der Waals surface area contributed by atoms with E-state index in [4.69, 9.17) is 4.74 Å². The fourth-order valence-electron chi connectivity index (χ4n) is 1.87. The van der Waals surface area contributed by atoms with Crippen molar-refractivity contribution in [2.24, 2.45) is 0 Å². The lowest BCUT2D eigenvalue weighted by Gasteiger charge is -2.07. The van der Waals surface area contributed by atoms with Crippen LogP contribution >= 0.6 is 0 Å². The van der Waals surface area contributed by atoms with E-state index in [1.165, 1.54) is 49.6 Å². The minimum absolute atomic E-state index is 0.108. The van der Waals surface area contributed by atoms with Crippen LogP contribution in [0.1, 0.15) is 20.7 Å². The Bertz CT molecular complexity index is 775. The monoisotopic (exact) mass is 331 g/mol. The number of carbonyl (C=O) groups excluding carboxylic acids is 3. The Balaban J connectivity index is 1.93. The Hall–Kier alpha value is -3.22. The Morgan fingerprint density at radius 2 is 1.67 bits per heavy atom. The van der Waals surface area contributed by atoms with Gasteiger partial charge in [0, 0.05) is 5.69 Å². The van der Waals surface area contributed by atoms with Crippen molar-refractivity contribution in [1.29, 1.82) is 0 Å². The Morgan fingerprint density at radius 3 is 2.33 bits per heavy atom. The van der Waals surface area contributed by atoms with Crippen molar-refractivity contribution in [3.05, 3.63) is 65.5 Å². The predicted molar refractivity (Wildman–Crippen MR) is 83.1 cm³/mol. The molecule has 0 spiro atoms. The van der Waals surface area contributed by atoms with Crippen LogP contribution in [0.5, 0.6) is 0 Å². The number of hydrogen-bond donors (Lipinski definition) is 1. The van der Waals surface area contributed by atoms with Crippen LogP contribution < -0.4 is 5.32 Å². The van der Waals surface area contributed by atoms with Crippen LogP contribution in [-0.2, 0) is 14.3 Å². The highest BCUT2D eigenvalue weighted by Gasteiger charge is 2.13. The molecule has 2 aromatic carbocycles. The van der Waals surface area contributed by atoms with Crippen LogP contribution in [0.3, 0.4) is 0 Å². The summed E-state index contributed by atoms with van der Waals surface area (Å²) in [7, 11) is 1.23. The van der Waals surface area contributed by atoms with E-state index in [1.54, 1.807) is 0 Å². The molecule has 0 aliphatic rings. The molecule has 0 aliphatic heterocycles. The minimum atomic E-state index is -0.768. The Labute approximate surface area is 137 Å². The van der Waals surface area contributed by atoms with Crippen molar-refractivity contribution in [3.63, 3.8) is 0 Å². The molecule has 0 atom stereocenters. The van der Waals surface area contributed by atoms with E-state index in [0.29, 0.717) is 0 Å². The van der Waals surface area contributed by atoms with Gasteiger partial charge >= 0.3 is 11.9 Å². The van der Waals surface area contributed by atoms with E-state index in [1.807, 2.05) is 0 Å². The summed E-state index contributed by atoms with van der Waals surface area (Å²) in [4.78, 5) is 35.0. The number of carbonyl (C=O) groups is 3. The van der Waals surface area contributed by atoms with Crippen LogP contribution in [0, 0.1) is 5.82 Å². The number of ether oxygens (including phenoxy) is 2. The van der Waals surface area contributed by atoms with Crippen LogP contribution in [-0.4, -0.2) is 31.6 Å². The van der Waals surface area contributed by atoms with E-state index in [9.17, 15) is 18.8 Å². The molecule has 0 radical (unpaired) electrons. The fourth-order valence-corrected chi connectivity index (χ4v) is 1.87. The average molecular weight is 331 g/mol. The molecule has 2 rings (SSSR count). The second-order valence-corrected chi connectivity index (χ2v) is 4.71. The van der Waals surface area contributed by atoms with E-state index >= 15 is 0 Å². The van der Waals surface area contributed by atoms with E-state index < -0.39 is 30.3 Å². The molecule has 24 heavy (non-hydrogen) atoms. The molecule has 0 aromatic heterocycles. The maximum Gasteiger partial charge on any atom is 0.338 e. The molecule has 2 aromatic rings. The molecule has 124 valence electrons. The van der Waals surface area contributed by atoms with Gasteiger partial charge in [-0.25, -0.2) is 14.0 Å². The summed E-state index contributed by atoms with van der Waals surface area (Å²) in [5, 5.41) is 2.40. The molecule has 1 amide bonds. The number of amides is 1. The van der Waals surface area contributed by atoms with Crippen LogP contribution in [0.4, 0.5) is 10.1 Å². The maximum absolute atomic E-state index is 13.0. The quantitative estimate of drug-likeness (QED) is 0.851. The normalized spacial score (nSPS) is 9.92. The second kappa shape index (κ2) is 7.87. The zero-order valence-electron chi connectivity index (χ0n) is 12.7. The van der Waals surface area contributed by atoms with Gasteiger partial charge in [0.25, 0.3) is 5.91 Å². The third kappa shape index (κ3) is 4.64. The first kappa shape index (κ1) is 17.1. The largest absolute Gasteiger partial charge is 0.465 e. The summed E-state index contributed by atoms with van der Waals surface area (Å²) in [6.07, 6.45) is 0. The highest BCUT2D eigenvalue weighted by Crippen LogP contribution is 2.10. The Morgan fingerprint density at radius 1 is 1.00 bits per heavy atom. The predicted octanol–water partition coefficient (Wildman–Crippen LogP) is 2.41. The molecule has 0 heterocycles. The molecular formula is C17H14FNO5. The zero-order valence-corrected chi connectivity index (χ0v) is 12.7. The van der Waals surface area contributed by atoms with Crippen molar-refractivity contribution in [2.45, 2.75) is 0 Å². The van der Waals surface area contributed by atoms with Crippen LogP contribution in [0.2, 0.25) is 0 Å². The number of benzene rings is 2. The number of esters is 2. The van der Waals surface area contributed by atoms with E-state index in [2.05, 4.69) is 10.1 Å². The van der Waals surface area contributed by atoms with Gasteiger partial charge in [-0.15, -0.1) is 0 Å². The molecule has 0 fully saturated rings. The smallest absolute Gasteiger partial charge is 0.338 e. The average Bonchev–Trinajstić information content (AvgIpc) is 2.59. The summed E-state index contributed by atoms with van der Waals surface area (Å²) in [6.45, 7) is -0.544. The van der Waals surface area contributed by atoms with E-state index in [0.717, 1.165) is 6.07 Å². The van der Waals surface area contributed by atoms with Gasteiger partial charge in [0.1, 0.15) is 5.82 Å². The lowest BCUT2D eigenvalue weighted by atomic mass is 10.1. The first-order valence-corrected chi connectivity index (χ1v) is 6.90. The van der Waals surface area contributed by atoms with E-state index in [-0.39, 0.29) is 16.8 Å². The van der Waals surface area contributed by atoms with Crippen LogP contribution in [0.25, 0.3) is 0 Å². The van der Waals surface area contributed by atoms with Gasteiger partial charge in [-0.1, -0.05) is 12.1 Å². The highest BCUT2D eigenvalue weighted by molar-refractivity contribution is 5.97. The molecule has 0 saturated heterocycles. The number of rotatable bonds is 5. The van der Waals surface area contributed by atoms with Gasteiger partial charge in [0.2, 0.25) is 0 Å². The zero-order chi connectivity index (χ0) is 17.5. The number of halogens is 1. The SMILES string of the molecule is COC(=O)c1cccc(C(=O)OCC(=O)Nc2cccc(F)c2)c1. The van der Waals surface area contributed by atoms with Gasteiger partial charge < -0.3 is 14.8 Å². The molecule has 7 heteroatoms. The third-order valence-corrected chi connectivity index (χ3v) is 2.96. The van der Waals surface area contributed by atoms with Crippen molar-refractivity contribution in [1.82, 2.24) is 0 Å². The third-order valence-electron chi connectivity index (χ3n) is 2.96. The first-order valence-electron chi connectivity index (χ1n) is 6.90. The number of nitrogens with one attached hydrogen (secondary N) is 1.